The van der Waals surface area contributed by atoms with Crippen molar-refractivity contribution in [2.75, 3.05) is 5.73 Å². The first-order chi connectivity index (χ1) is 8.88. The molecule has 4 nitrogen and oxygen atoms in total. The van der Waals surface area contributed by atoms with Gasteiger partial charge in [-0.3, -0.25) is 4.98 Å². The smallest absolute Gasteiger partial charge is 0.182 e. The Balaban J connectivity index is 2.35. The molecule has 0 aliphatic carbocycles. The number of aromatic nitrogens is 1. The average molecular weight is 280 g/mol. The van der Waals surface area contributed by atoms with Gasteiger partial charge in [0.15, 0.2) is 9.84 Å². The molecule has 19 heavy (non-hydrogen) atoms. The maximum Gasteiger partial charge on any atom is 0.182 e. The van der Waals surface area contributed by atoms with E-state index in [9.17, 15) is 12.8 Å². The summed E-state index contributed by atoms with van der Waals surface area (Å²) in [6.07, 6.45) is 3.12. The van der Waals surface area contributed by atoms with Crippen molar-refractivity contribution in [3.63, 3.8) is 0 Å². The number of rotatable bonds is 3. The summed E-state index contributed by atoms with van der Waals surface area (Å²) in [5.41, 5.74) is 6.69. The standard InChI is InChI=1S/C13H13FN2O2S/c1-9-4-10(7-16-6-9)8-19(17,18)11-2-3-13(15)12(14)5-11/h2-7H,8,15H2,1H3. The number of nitrogens with two attached hydrogens (primary N) is 1. The predicted molar refractivity (Wildman–Crippen MR) is 70.7 cm³/mol. The molecule has 1 aromatic heterocycles. The summed E-state index contributed by atoms with van der Waals surface area (Å²) in [4.78, 5) is 3.85. The maximum atomic E-state index is 13.3. The van der Waals surface area contributed by atoms with Crippen LogP contribution in [0.2, 0.25) is 0 Å². The third kappa shape index (κ3) is 3.08. The van der Waals surface area contributed by atoms with Crippen LogP contribution in [0.3, 0.4) is 0 Å². The molecule has 6 heteroatoms. The van der Waals surface area contributed by atoms with Crippen LogP contribution in [-0.2, 0) is 15.6 Å². The maximum absolute atomic E-state index is 13.3. The van der Waals surface area contributed by atoms with Gasteiger partial charge in [-0.25, -0.2) is 12.8 Å². The van der Waals surface area contributed by atoms with Crippen LogP contribution in [0.1, 0.15) is 11.1 Å². The van der Waals surface area contributed by atoms with Crippen LogP contribution in [0, 0.1) is 12.7 Å². The van der Waals surface area contributed by atoms with Gasteiger partial charge >= 0.3 is 0 Å². The molecule has 0 amide bonds. The molecule has 0 fully saturated rings. The molecule has 0 bridgehead atoms. The molecule has 0 radical (unpaired) electrons. The Morgan fingerprint density at radius 3 is 2.63 bits per heavy atom. The van der Waals surface area contributed by atoms with Gasteiger partial charge in [0.25, 0.3) is 0 Å². The molecule has 2 rings (SSSR count). The fourth-order valence-corrected chi connectivity index (χ4v) is 3.02. The highest BCUT2D eigenvalue weighted by molar-refractivity contribution is 7.90. The van der Waals surface area contributed by atoms with Gasteiger partial charge in [0.1, 0.15) is 5.82 Å². The molecular weight excluding hydrogens is 267 g/mol. The van der Waals surface area contributed by atoms with Crippen molar-refractivity contribution in [3.8, 4) is 0 Å². The average Bonchev–Trinajstić information content (AvgIpc) is 2.32. The van der Waals surface area contributed by atoms with Crippen molar-refractivity contribution < 1.29 is 12.8 Å². The number of pyridine rings is 1. The zero-order chi connectivity index (χ0) is 14.0. The number of anilines is 1. The summed E-state index contributed by atoms with van der Waals surface area (Å²) < 4.78 is 37.6. The number of nitrogen functional groups attached to an aromatic ring is 1. The molecule has 0 spiro atoms. The summed E-state index contributed by atoms with van der Waals surface area (Å²) >= 11 is 0. The Hall–Kier alpha value is -1.95. The van der Waals surface area contributed by atoms with Crippen LogP contribution < -0.4 is 5.73 Å². The van der Waals surface area contributed by atoms with Gasteiger partial charge in [-0.2, -0.15) is 0 Å². The van der Waals surface area contributed by atoms with Crippen molar-refractivity contribution in [2.45, 2.75) is 17.6 Å². The lowest BCUT2D eigenvalue weighted by atomic mass is 10.2. The third-order valence-electron chi connectivity index (χ3n) is 2.62. The Labute approximate surface area is 111 Å². The molecule has 0 saturated carbocycles. The number of hydrogen-bond donors (Lipinski definition) is 1. The predicted octanol–water partition coefficient (Wildman–Crippen LogP) is 2.09. The van der Waals surface area contributed by atoms with E-state index in [4.69, 9.17) is 5.73 Å². The number of benzene rings is 1. The number of nitrogens with zero attached hydrogens (tertiary/aromatic N) is 1. The second kappa shape index (κ2) is 4.97. The van der Waals surface area contributed by atoms with Gasteiger partial charge in [-0.1, -0.05) is 6.07 Å². The van der Waals surface area contributed by atoms with Crippen LogP contribution in [0.4, 0.5) is 10.1 Å². The normalized spacial score (nSPS) is 11.5. The van der Waals surface area contributed by atoms with Crippen LogP contribution in [-0.4, -0.2) is 13.4 Å². The summed E-state index contributed by atoms with van der Waals surface area (Å²) in [7, 11) is -3.60. The van der Waals surface area contributed by atoms with Crippen molar-refractivity contribution >= 4 is 15.5 Å². The van der Waals surface area contributed by atoms with E-state index in [0.717, 1.165) is 11.6 Å². The van der Waals surface area contributed by atoms with Crippen molar-refractivity contribution in [3.05, 3.63) is 53.6 Å². The minimum atomic E-state index is -3.60. The molecule has 0 saturated heterocycles. The Bertz CT molecular complexity index is 714. The van der Waals surface area contributed by atoms with Gasteiger partial charge in [-0.05, 0) is 36.2 Å². The fraction of sp³-hybridized carbons (Fsp3) is 0.154. The van der Waals surface area contributed by atoms with Crippen molar-refractivity contribution in [1.82, 2.24) is 4.98 Å². The van der Waals surface area contributed by atoms with Gasteiger partial charge in [-0.15, -0.1) is 0 Å². The molecule has 0 unspecified atom stereocenters. The monoisotopic (exact) mass is 280 g/mol. The lowest BCUT2D eigenvalue weighted by Crippen LogP contribution is -2.06. The Morgan fingerprint density at radius 2 is 2.00 bits per heavy atom. The number of hydrogen-bond acceptors (Lipinski definition) is 4. The molecule has 0 aliphatic heterocycles. The fourth-order valence-electron chi connectivity index (χ4n) is 1.70. The molecule has 1 aromatic carbocycles. The zero-order valence-corrected chi connectivity index (χ0v) is 11.1. The largest absolute Gasteiger partial charge is 0.396 e. The Morgan fingerprint density at radius 1 is 1.26 bits per heavy atom. The quantitative estimate of drug-likeness (QED) is 0.874. The molecule has 1 heterocycles. The van der Waals surface area contributed by atoms with E-state index in [0.29, 0.717) is 5.56 Å². The van der Waals surface area contributed by atoms with E-state index < -0.39 is 15.7 Å². The minimum Gasteiger partial charge on any atom is -0.396 e. The van der Waals surface area contributed by atoms with Crippen molar-refractivity contribution in [2.24, 2.45) is 0 Å². The highest BCUT2D eigenvalue weighted by Gasteiger charge is 2.17. The zero-order valence-electron chi connectivity index (χ0n) is 10.3. The minimum absolute atomic E-state index is 0.0730. The summed E-state index contributed by atoms with van der Waals surface area (Å²) in [5.74, 6) is -0.950. The summed E-state index contributed by atoms with van der Waals surface area (Å²) in [6, 6.07) is 5.22. The van der Waals surface area contributed by atoms with Crippen LogP contribution in [0.5, 0.6) is 0 Å². The molecule has 2 N–H and O–H groups in total. The molecule has 100 valence electrons. The topological polar surface area (TPSA) is 73.0 Å². The van der Waals surface area contributed by atoms with E-state index in [1.54, 1.807) is 12.3 Å². The molecule has 0 aliphatic rings. The van der Waals surface area contributed by atoms with Crippen LogP contribution >= 0.6 is 0 Å². The molecule has 0 atom stereocenters. The van der Waals surface area contributed by atoms with Gasteiger partial charge in [0, 0.05) is 12.4 Å². The first kappa shape index (κ1) is 13.5. The highest BCUT2D eigenvalue weighted by atomic mass is 32.2. The summed E-state index contributed by atoms with van der Waals surface area (Å²) in [5, 5.41) is 0. The van der Waals surface area contributed by atoms with E-state index in [1.807, 2.05) is 6.92 Å². The second-order valence-corrected chi connectivity index (χ2v) is 6.30. The number of aryl methyl sites for hydroxylation is 1. The third-order valence-corrected chi connectivity index (χ3v) is 4.30. The number of sulfone groups is 1. The van der Waals surface area contributed by atoms with Gasteiger partial charge in [0.2, 0.25) is 0 Å². The van der Waals surface area contributed by atoms with E-state index in [1.165, 1.54) is 18.3 Å². The first-order valence-corrected chi connectivity index (χ1v) is 7.22. The van der Waals surface area contributed by atoms with Gasteiger partial charge in [0.05, 0.1) is 16.3 Å². The SMILES string of the molecule is Cc1cncc(CS(=O)(=O)c2ccc(N)c(F)c2)c1. The van der Waals surface area contributed by atoms with E-state index in [-0.39, 0.29) is 16.3 Å². The molecular formula is C13H13FN2O2S. The van der Waals surface area contributed by atoms with E-state index >= 15 is 0 Å². The lowest BCUT2D eigenvalue weighted by Gasteiger charge is -2.06. The van der Waals surface area contributed by atoms with Crippen LogP contribution in [0.25, 0.3) is 0 Å². The highest BCUT2D eigenvalue weighted by Crippen LogP contribution is 2.20. The second-order valence-electron chi connectivity index (χ2n) is 4.31. The number of halogens is 1. The molecule has 2 aromatic rings. The van der Waals surface area contributed by atoms with E-state index in [2.05, 4.69) is 4.98 Å². The van der Waals surface area contributed by atoms with Crippen molar-refractivity contribution in [1.29, 1.82) is 0 Å². The van der Waals surface area contributed by atoms with Gasteiger partial charge < -0.3 is 5.73 Å². The first-order valence-electron chi connectivity index (χ1n) is 5.57. The Kier molecular flexibility index (Phi) is 3.53. The van der Waals surface area contributed by atoms with Crippen LogP contribution in [0.15, 0.2) is 41.6 Å². The lowest BCUT2D eigenvalue weighted by molar-refractivity contribution is 0.591. The summed E-state index contributed by atoms with van der Waals surface area (Å²) in [6.45, 7) is 1.83.